The number of nitrogens with zero attached hydrogens (tertiary/aromatic N) is 4. The average Bonchev–Trinajstić information content (AvgIpc) is 3.60. The van der Waals surface area contributed by atoms with Gasteiger partial charge in [0.05, 0.1) is 28.0 Å². The van der Waals surface area contributed by atoms with Crippen molar-refractivity contribution in [3.8, 4) is 10.4 Å². The maximum absolute atomic E-state index is 13.3. The fourth-order valence-electron chi connectivity index (χ4n) is 4.28. The van der Waals surface area contributed by atoms with Gasteiger partial charge in [-0.3, -0.25) is 14.2 Å². The second-order valence-electron chi connectivity index (χ2n) is 7.75. The van der Waals surface area contributed by atoms with Crippen LogP contribution in [0.4, 0.5) is 0 Å². The van der Waals surface area contributed by atoms with Crippen LogP contribution < -0.4 is 5.56 Å². The summed E-state index contributed by atoms with van der Waals surface area (Å²) in [5.74, 6) is -0.0668. The van der Waals surface area contributed by atoms with Crippen molar-refractivity contribution in [3.63, 3.8) is 0 Å². The van der Waals surface area contributed by atoms with Crippen LogP contribution in [0.5, 0.6) is 0 Å². The van der Waals surface area contributed by atoms with Crippen LogP contribution in [0.25, 0.3) is 30.9 Å². The minimum Gasteiger partial charge on any atom is -0.332 e. The summed E-state index contributed by atoms with van der Waals surface area (Å²) < 4.78 is 2.58. The number of likely N-dealkylation sites (tertiary alicyclic amines) is 1. The van der Waals surface area contributed by atoms with Crippen molar-refractivity contribution in [1.82, 2.24) is 19.4 Å². The summed E-state index contributed by atoms with van der Waals surface area (Å²) in [4.78, 5) is 39.4. The number of carbonyl (C=O) groups excluding carboxylic acids is 1. The van der Waals surface area contributed by atoms with Crippen molar-refractivity contribution in [2.24, 2.45) is 0 Å². The Morgan fingerprint density at radius 1 is 1.16 bits per heavy atom. The molecule has 5 heterocycles. The lowest BCUT2D eigenvalue weighted by Crippen LogP contribution is -2.36. The predicted molar refractivity (Wildman–Crippen MR) is 131 cm³/mol. The number of fused-ring (bicyclic) bond motifs is 2. The molecule has 32 heavy (non-hydrogen) atoms. The number of thiophene rings is 2. The van der Waals surface area contributed by atoms with Crippen LogP contribution in [-0.4, -0.2) is 31.9 Å². The van der Waals surface area contributed by atoms with Gasteiger partial charge in [0, 0.05) is 22.4 Å². The quantitative estimate of drug-likeness (QED) is 0.358. The van der Waals surface area contributed by atoms with Crippen molar-refractivity contribution in [1.29, 1.82) is 0 Å². The first-order chi connectivity index (χ1) is 15.7. The Labute approximate surface area is 195 Å². The van der Waals surface area contributed by atoms with E-state index in [1.165, 1.54) is 22.2 Å². The number of aromatic nitrogens is 3. The molecule has 5 aromatic rings. The molecule has 1 aliphatic rings. The van der Waals surface area contributed by atoms with Crippen LogP contribution in [0.2, 0.25) is 0 Å². The standard InChI is InChI=1S/C23H18N4O2S3/c28-19(27-9-3-6-16(27)21-25-15-5-1-2-7-18(15)32-21)11-26-13-24-22-20(23(26)29)14(12-31-22)17-8-4-10-30-17/h1-2,4-5,7-8,10,12-13,16H,3,6,9,11H2. The summed E-state index contributed by atoms with van der Waals surface area (Å²) in [6.45, 7) is 0.672. The summed E-state index contributed by atoms with van der Waals surface area (Å²) in [5.41, 5.74) is 1.70. The van der Waals surface area contributed by atoms with E-state index >= 15 is 0 Å². The number of carbonyl (C=O) groups is 1. The molecule has 6 rings (SSSR count). The van der Waals surface area contributed by atoms with Crippen LogP contribution >= 0.6 is 34.0 Å². The Morgan fingerprint density at radius 2 is 2.06 bits per heavy atom. The van der Waals surface area contributed by atoms with Gasteiger partial charge in [-0.1, -0.05) is 18.2 Å². The van der Waals surface area contributed by atoms with E-state index < -0.39 is 0 Å². The Balaban J connectivity index is 1.31. The number of amides is 1. The lowest BCUT2D eigenvalue weighted by Gasteiger charge is -2.23. The van der Waals surface area contributed by atoms with Crippen LogP contribution in [-0.2, 0) is 11.3 Å². The molecule has 0 spiro atoms. The molecule has 1 aromatic carbocycles. The summed E-state index contributed by atoms with van der Waals surface area (Å²) >= 11 is 4.70. The van der Waals surface area contributed by atoms with Crippen molar-refractivity contribution in [2.45, 2.75) is 25.4 Å². The summed E-state index contributed by atoms with van der Waals surface area (Å²) in [5, 5.41) is 5.53. The third kappa shape index (κ3) is 3.28. The van der Waals surface area contributed by atoms with Crippen LogP contribution in [0.1, 0.15) is 23.9 Å². The second kappa shape index (κ2) is 7.91. The highest BCUT2D eigenvalue weighted by molar-refractivity contribution is 7.19. The molecular weight excluding hydrogens is 460 g/mol. The number of para-hydroxylation sites is 1. The number of rotatable bonds is 4. The van der Waals surface area contributed by atoms with E-state index in [-0.39, 0.29) is 24.1 Å². The van der Waals surface area contributed by atoms with Crippen molar-refractivity contribution < 1.29 is 4.79 Å². The Bertz CT molecular complexity index is 1470. The molecule has 0 aliphatic carbocycles. The molecule has 1 unspecified atom stereocenters. The van der Waals surface area contributed by atoms with Crippen molar-refractivity contribution in [3.05, 3.63) is 68.8 Å². The first-order valence-corrected chi connectivity index (χ1v) is 12.9. The molecule has 9 heteroatoms. The zero-order chi connectivity index (χ0) is 21.7. The van der Waals surface area contributed by atoms with Gasteiger partial charge in [0.1, 0.15) is 16.4 Å². The van der Waals surface area contributed by atoms with Crippen LogP contribution in [0.15, 0.2) is 58.3 Å². The third-order valence-corrected chi connectivity index (χ3v) is 8.75. The van der Waals surface area contributed by atoms with Gasteiger partial charge in [-0.05, 0) is 36.4 Å². The Kier molecular flexibility index (Phi) is 4.89. The molecule has 6 nitrogen and oxygen atoms in total. The molecule has 4 aromatic heterocycles. The largest absolute Gasteiger partial charge is 0.332 e. The zero-order valence-corrected chi connectivity index (χ0v) is 19.4. The Morgan fingerprint density at radius 3 is 2.91 bits per heavy atom. The van der Waals surface area contributed by atoms with Gasteiger partial charge < -0.3 is 4.90 Å². The van der Waals surface area contributed by atoms with E-state index in [9.17, 15) is 9.59 Å². The highest BCUT2D eigenvalue weighted by Gasteiger charge is 2.32. The molecular formula is C23H18N4O2S3. The molecule has 1 saturated heterocycles. The molecule has 0 saturated carbocycles. The fraction of sp³-hybridized carbons (Fsp3) is 0.217. The maximum atomic E-state index is 13.3. The molecule has 0 N–H and O–H groups in total. The van der Waals surface area contributed by atoms with E-state index in [2.05, 4.69) is 11.1 Å². The van der Waals surface area contributed by atoms with Crippen LogP contribution in [0.3, 0.4) is 0 Å². The molecule has 1 atom stereocenters. The molecule has 0 bridgehead atoms. The highest BCUT2D eigenvalue weighted by atomic mass is 32.1. The van der Waals surface area contributed by atoms with Gasteiger partial charge in [0.15, 0.2) is 0 Å². The molecule has 160 valence electrons. The normalized spacial score (nSPS) is 16.4. The first-order valence-electron chi connectivity index (χ1n) is 10.3. The lowest BCUT2D eigenvalue weighted by molar-refractivity contribution is -0.132. The van der Waals surface area contributed by atoms with E-state index in [0.29, 0.717) is 16.8 Å². The number of hydrogen-bond acceptors (Lipinski definition) is 7. The summed E-state index contributed by atoms with van der Waals surface area (Å²) in [7, 11) is 0. The smallest absolute Gasteiger partial charge is 0.263 e. The van der Waals surface area contributed by atoms with E-state index in [0.717, 1.165) is 38.5 Å². The minimum absolute atomic E-state index is 0.0110. The van der Waals surface area contributed by atoms with Gasteiger partial charge in [0.25, 0.3) is 5.56 Å². The van der Waals surface area contributed by atoms with Gasteiger partial charge >= 0.3 is 0 Å². The number of benzene rings is 1. The van der Waals surface area contributed by atoms with E-state index in [4.69, 9.17) is 4.98 Å². The van der Waals surface area contributed by atoms with Gasteiger partial charge in [-0.15, -0.1) is 34.0 Å². The average molecular weight is 479 g/mol. The van der Waals surface area contributed by atoms with E-state index in [1.54, 1.807) is 22.7 Å². The zero-order valence-electron chi connectivity index (χ0n) is 16.9. The summed E-state index contributed by atoms with van der Waals surface area (Å²) in [6.07, 6.45) is 3.33. The van der Waals surface area contributed by atoms with Gasteiger partial charge in [-0.25, -0.2) is 9.97 Å². The minimum atomic E-state index is -0.163. The monoisotopic (exact) mass is 478 g/mol. The third-order valence-electron chi connectivity index (χ3n) is 5.82. The van der Waals surface area contributed by atoms with Crippen molar-refractivity contribution in [2.75, 3.05) is 6.54 Å². The Hall–Kier alpha value is -2.88. The molecule has 1 amide bonds. The molecule has 1 fully saturated rings. The number of hydrogen-bond donors (Lipinski definition) is 0. The van der Waals surface area contributed by atoms with Gasteiger partial charge in [-0.2, -0.15) is 0 Å². The lowest BCUT2D eigenvalue weighted by atomic mass is 10.2. The predicted octanol–water partition coefficient (Wildman–Crippen LogP) is 5.16. The SMILES string of the molecule is O=C(Cn1cnc2scc(-c3cccs3)c2c1=O)N1CCCC1c1nc2ccccc2s1. The molecule has 1 aliphatic heterocycles. The van der Waals surface area contributed by atoms with Gasteiger partial charge in [0.2, 0.25) is 5.91 Å². The number of thiazole rings is 1. The summed E-state index contributed by atoms with van der Waals surface area (Å²) in [6, 6.07) is 12.0. The fourth-order valence-corrected chi connectivity index (χ4v) is 7.12. The topological polar surface area (TPSA) is 68.1 Å². The van der Waals surface area contributed by atoms with Crippen LogP contribution in [0, 0.1) is 0 Å². The first kappa shape index (κ1) is 19.8. The second-order valence-corrected chi connectivity index (χ2v) is 10.6. The maximum Gasteiger partial charge on any atom is 0.263 e. The van der Waals surface area contributed by atoms with Crippen molar-refractivity contribution >= 4 is 60.4 Å². The molecule has 0 radical (unpaired) electrons. The highest BCUT2D eigenvalue weighted by Crippen LogP contribution is 2.37. The van der Waals surface area contributed by atoms with E-state index in [1.807, 2.05) is 46.0 Å².